The van der Waals surface area contributed by atoms with E-state index < -0.39 is 18.0 Å². The lowest BCUT2D eigenvalue weighted by Crippen LogP contribution is -2.47. The number of aliphatic carboxylic acids is 1. The predicted octanol–water partition coefficient (Wildman–Crippen LogP) is 0.521. The summed E-state index contributed by atoms with van der Waals surface area (Å²) < 4.78 is 5.28. The fourth-order valence-corrected chi connectivity index (χ4v) is 1.65. The van der Waals surface area contributed by atoms with Crippen LogP contribution in [0.5, 0.6) is 0 Å². The fourth-order valence-electron chi connectivity index (χ4n) is 1.65. The molecule has 0 aliphatic heterocycles. The van der Waals surface area contributed by atoms with Crippen molar-refractivity contribution < 1.29 is 19.4 Å². The van der Waals surface area contributed by atoms with E-state index >= 15 is 0 Å². The fraction of sp³-hybridized carbons (Fsp3) is 0.615. The molecule has 0 aromatic carbocycles. The first kappa shape index (κ1) is 17.0. The van der Waals surface area contributed by atoms with Gasteiger partial charge in [-0.2, -0.15) is 0 Å². The number of carbonyl (C=O) groups excluding carboxylic acids is 1. The highest BCUT2D eigenvalue weighted by Gasteiger charge is 2.20. The van der Waals surface area contributed by atoms with Gasteiger partial charge in [0, 0.05) is 38.1 Å². The SMILES string of the molecule is CCCOCCCNC(=O)NC(Cc1cnc[nH]1)C(=O)O. The highest BCUT2D eigenvalue weighted by molar-refractivity contribution is 5.82. The van der Waals surface area contributed by atoms with E-state index in [0.29, 0.717) is 31.9 Å². The summed E-state index contributed by atoms with van der Waals surface area (Å²) in [6, 6.07) is -1.50. The molecule has 0 saturated heterocycles. The maximum atomic E-state index is 11.6. The molecule has 21 heavy (non-hydrogen) atoms. The van der Waals surface area contributed by atoms with E-state index in [9.17, 15) is 9.59 Å². The average Bonchev–Trinajstić information content (AvgIpc) is 2.95. The predicted molar refractivity (Wildman–Crippen MR) is 76.0 cm³/mol. The van der Waals surface area contributed by atoms with Crippen molar-refractivity contribution in [2.75, 3.05) is 19.8 Å². The minimum atomic E-state index is -1.09. The number of aromatic amines is 1. The third kappa shape index (κ3) is 7.31. The van der Waals surface area contributed by atoms with E-state index in [0.717, 1.165) is 6.42 Å². The quantitative estimate of drug-likeness (QED) is 0.470. The molecule has 1 aromatic heterocycles. The van der Waals surface area contributed by atoms with Gasteiger partial charge in [-0.3, -0.25) is 0 Å². The third-order valence-corrected chi connectivity index (χ3v) is 2.68. The number of nitrogens with one attached hydrogen (secondary N) is 3. The van der Waals surface area contributed by atoms with Crippen molar-refractivity contribution in [3.8, 4) is 0 Å². The number of ether oxygens (including phenoxy) is 1. The zero-order chi connectivity index (χ0) is 15.5. The molecule has 1 heterocycles. The van der Waals surface area contributed by atoms with Crippen molar-refractivity contribution in [2.24, 2.45) is 0 Å². The number of carbonyl (C=O) groups is 2. The van der Waals surface area contributed by atoms with Gasteiger partial charge in [-0.15, -0.1) is 0 Å². The number of carboxylic acid groups (broad SMARTS) is 1. The molecule has 0 fully saturated rings. The summed E-state index contributed by atoms with van der Waals surface area (Å²) in [5.41, 5.74) is 0.649. The van der Waals surface area contributed by atoms with Crippen LogP contribution < -0.4 is 10.6 Å². The number of amides is 2. The summed E-state index contributed by atoms with van der Waals surface area (Å²) >= 11 is 0. The molecule has 1 atom stereocenters. The minimum absolute atomic E-state index is 0.155. The molecule has 0 spiro atoms. The molecule has 8 heteroatoms. The van der Waals surface area contributed by atoms with Gasteiger partial charge in [-0.25, -0.2) is 14.6 Å². The summed E-state index contributed by atoms with van der Waals surface area (Å²) in [6.45, 7) is 3.74. The second-order valence-corrected chi connectivity index (χ2v) is 4.54. The van der Waals surface area contributed by atoms with Crippen LogP contribution in [0, 0.1) is 0 Å². The molecule has 0 radical (unpaired) electrons. The number of hydrogen-bond acceptors (Lipinski definition) is 4. The maximum absolute atomic E-state index is 11.6. The molecule has 1 unspecified atom stereocenters. The van der Waals surface area contributed by atoms with Crippen LogP contribution in [0.1, 0.15) is 25.5 Å². The Morgan fingerprint density at radius 1 is 1.48 bits per heavy atom. The number of H-pyrrole nitrogens is 1. The summed E-state index contributed by atoms with van der Waals surface area (Å²) in [5, 5.41) is 14.1. The Labute approximate surface area is 123 Å². The monoisotopic (exact) mass is 298 g/mol. The Balaban J connectivity index is 2.24. The topological polar surface area (TPSA) is 116 Å². The second-order valence-electron chi connectivity index (χ2n) is 4.54. The Morgan fingerprint density at radius 2 is 2.29 bits per heavy atom. The first-order valence-corrected chi connectivity index (χ1v) is 6.95. The van der Waals surface area contributed by atoms with E-state index in [2.05, 4.69) is 20.6 Å². The molecular weight excluding hydrogens is 276 g/mol. The van der Waals surface area contributed by atoms with Crippen molar-refractivity contribution in [3.05, 3.63) is 18.2 Å². The van der Waals surface area contributed by atoms with Crippen LogP contribution >= 0.6 is 0 Å². The number of rotatable bonds is 10. The van der Waals surface area contributed by atoms with Crippen LogP contribution in [0.15, 0.2) is 12.5 Å². The molecule has 4 N–H and O–H groups in total. The van der Waals surface area contributed by atoms with Crippen molar-refractivity contribution in [2.45, 2.75) is 32.2 Å². The van der Waals surface area contributed by atoms with Crippen molar-refractivity contribution in [1.29, 1.82) is 0 Å². The van der Waals surface area contributed by atoms with Crippen LogP contribution in [0.3, 0.4) is 0 Å². The van der Waals surface area contributed by atoms with Crippen LogP contribution in [0.2, 0.25) is 0 Å². The van der Waals surface area contributed by atoms with Crippen molar-refractivity contribution in [1.82, 2.24) is 20.6 Å². The van der Waals surface area contributed by atoms with Crippen LogP contribution in [0.25, 0.3) is 0 Å². The van der Waals surface area contributed by atoms with Gasteiger partial charge in [0.15, 0.2) is 0 Å². The van der Waals surface area contributed by atoms with E-state index in [1.54, 1.807) is 0 Å². The van der Waals surface area contributed by atoms with Gasteiger partial charge < -0.3 is 25.5 Å². The number of hydrogen-bond donors (Lipinski definition) is 4. The molecule has 2 amide bonds. The highest BCUT2D eigenvalue weighted by atomic mass is 16.5. The van der Waals surface area contributed by atoms with Gasteiger partial charge in [-0.1, -0.05) is 6.92 Å². The summed E-state index contributed by atoms with van der Waals surface area (Å²) in [6.07, 6.45) is 4.79. The van der Waals surface area contributed by atoms with Crippen LogP contribution in [0.4, 0.5) is 4.79 Å². The third-order valence-electron chi connectivity index (χ3n) is 2.68. The zero-order valence-electron chi connectivity index (χ0n) is 12.1. The number of nitrogens with zero attached hydrogens (tertiary/aromatic N) is 1. The minimum Gasteiger partial charge on any atom is -0.480 e. The van der Waals surface area contributed by atoms with Crippen molar-refractivity contribution >= 4 is 12.0 Å². The van der Waals surface area contributed by atoms with Gasteiger partial charge >= 0.3 is 12.0 Å². The smallest absolute Gasteiger partial charge is 0.326 e. The zero-order valence-corrected chi connectivity index (χ0v) is 12.1. The molecule has 8 nitrogen and oxygen atoms in total. The Morgan fingerprint density at radius 3 is 2.90 bits per heavy atom. The molecule has 0 saturated carbocycles. The van der Waals surface area contributed by atoms with Gasteiger partial charge in [0.25, 0.3) is 0 Å². The summed E-state index contributed by atoms with van der Waals surface area (Å²) in [5.74, 6) is -1.09. The lowest BCUT2D eigenvalue weighted by atomic mass is 10.2. The van der Waals surface area contributed by atoms with Gasteiger partial charge in [0.1, 0.15) is 6.04 Å². The molecule has 1 aromatic rings. The normalized spacial score (nSPS) is 11.9. The summed E-state index contributed by atoms with van der Waals surface area (Å²) in [7, 11) is 0. The Hall–Kier alpha value is -2.09. The molecule has 118 valence electrons. The van der Waals surface area contributed by atoms with E-state index in [4.69, 9.17) is 9.84 Å². The standard InChI is InChI=1S/C13H22N4O4/c1-2-5-21-6-3-4-15-13(20)17-11(12(18)19)7-10-8-14-9-16-10/h8-9,11H,2-7H2,1H3,(H,14,16)(H,18,19)(H2,15,17,20). The lowest BCUT2D eigenvalue weighted by Gasteiger charge is -2.14. The van der Waals surface area contributed by atoms with E-state index in [1.165, 1.54) is 12.5 Å². The maximum Gasteiger partial charge on any atom is 0.326 e. The van der Waals surface area contributed by atoms with Gasteiger partial charge in [0.05, 0.1) is 6.33 Å². The lowest BCUT2D eigenvalue weighted by molar-refractivity contribution is -0.139. The number of aromatic nitrogens is 2. The van der Waals surface area contributed by atoms with Crippen LogP contribution in [-0.4, -0.2) is 52.9 Å². The Kier molecular flexibility index (Phi) is 7.88. The first-order valence-electron chi connectivity index (χ1n) is 6.95. The molecule has 1 rings (SSSR count). The molecule has 0 aliphatic carbocycles. The average molecular weight is 298 g/mol. The number of urea groups is 1. The van der Waals surface area contributed by atoms with E-state index in [-0.39, 0.29) is 6.42 Å². The van der Waals surface area contributed by atoms with Crippen LogP contribution in [-0.2, 0) is 16.0 Å². The summed E-state index contributed by atoms with van der Waals surface area (Å²) in [4.78, 5) is 29.3. The van der Waals surface area contributed by atoms with Crippen molar-refractivity contribution in [3.63, 3.8) is 0 Å². The first-order chi connectivity index (χ1) is 10.1. The molecule has 0 aliphatic rings. The number of imidazole rings is 1. The molecule has 0 bridgehead atoms. The van der Waals surface area contributed by atoms with Gasteiger partial charge in [0.2, 0.25) is 0 Å². The largest absolute Gasteiger partial charge is 0.480 e. The second kappa shape index (κ2) is 9.76. The van der Waals surface area contributed by atoms with Gasteiger partial charge in [-0.05, 0) is 12.8 Å². The Bertz CT molecular complexity index is 422. The molecular formula is C13H22N4O4. The van der Waals surface area contributed by atoms with E-state index in [1.807, 2.05) is 6.92 Å². The highest BCUT2D eigenvalue weighted by Crippen LogP contribution is 1.98. The number of carboxylic acids is 1.